The van der Waals surface area contributed by atoms with Crippen molar-refractivity contribution in [2.24, 2.45) is 5.92 Å². The molecule has 0 saturated heterocycles. The van der Waals surface area contributed by atoms with Crippen LogP contribution in [0.25, 0.3) is 0 Å². The Morgan fingerprint density at radius 2 is 1.28 bits per heavy atom. The van der Waals surface area contributed by atoms with Gasteiger partial charge in [0.1, 0.15) is 0 Å². The summed E-state index contributed by atoms with van der Waals surface area (Å²) in [5.41, 5.74) is 0. The molecule has 0 saturated carbocycles. The first kappa shape index (κ1) is 17.7. The van der Waals surface area contributed by atoms with E-state index < -0.39 is 0 Å². The minimum Gasteiger partial charge on any atom is -0.103 e. The molecule has 0 aliphatic carbocycles. The summed E-state index contributed by atoms with van der Waals surface area (Å²) in [5.74, 6) is 0.900. The summed E-state index contributed by atoms with van der Waals surface area (Å²) in [6, 6.07) is 0. The Labute approximate surface area is 116 Å². The Bertz CT molecular complexity index is 159. The van der Waals surface area contributed by atoms with Crippen LogP contribution in [-0.2, 0) is 0 Å². The number of rotatable bonds is 14. The van der Waals surface area contributed by atoms with Crippen molar-refractivity contribution in [3.05, 3.63) is 12.7 Å². The summed E-state index contributed by atoms with van der Waals surface area (Å²) in [6.45, 7) is 8.46. The summed E-state index contributed by atoms with van der Waals surface area (Å²) in [4.78, 5) is 0. The molecule has 0 nitrogen and oxygen atoms in total. The average Bonchev–Trinajstić information content (AvgIpc) is 2.38. The topological polar surface area (TPSA) is 0 Å². The SMILES string of the molecule is C=CCCC(C)CCCCCCCCCCCC. The van der Waals surface area contributed by atoms with Crippen LogP contribution in [0, 0.1) is 5.92 Å². The van der Waals surface area contributed by atoms with Crippen molar-refractivity contribution in [3.8, 4) is 0 Å². The van der Waals surface area contributed by atoms with Crippen LogP contribution in [0.2, 0.25) is 0 Å². The van der Waals surface area contributed by atoms with E-state index in [0.717, 1.165) is 5.92 Å². The molecule has 0 spiro atoms. The maximum absolute atomic E-state index is 3.79. The van der Waals surface area contributed by atoms with Crippen LogP contribution in [0.4, 0.5) is 0 Å². The van der Waals surface area contributed by atoms with E-state index in [1.807, 2.05) is 0 Å². The highest BCUT2D eigenvalue weighted by atomic mass is 14.1. The Morgan fingerprint density at radius 3 is 1.78 bits per heavy atom. The molecule has 0 aromatic heterocycles. The molecule has 18 heavy (non-hydrogen) atoms. The van der Waals surface area contributed by atoms with Gasteiger partial charge in [0.25, 0.3) is 0 Å². The van der Waals surface area contributed by atoms with E-state index in [2.05, 4.69) is 26.5 Å². The van der Waals surface area contributed by atoms with Crippen LogP contribution in [0.1, 0.15) is 97.3 Å². The van der Waals surface area contributed by atoms with E-state index in [4.69, 9.17) is 0 Å². The molecule has 0 aliphatic rings. The summed E-state index contributed by atoms with van der Waals surface area (Å²) >= 11 is 0. The Kier molecular flexibility index (Phi) is 14.6. The van der Waals surface area contributed by atoms with Gasteiger partial charge in [0.2, 0.25) is 0 Å². The number of hydrogen-bond acceptors (Lipinski definition) is 0. The summed E-state index contributed by atoms with van der Waals surface area (Å²) in [5, 5.41) is 0. The lowest BCUT2D eigenvalue weighted by molar-refractivity contribution is 0.457. The fourth-order valence-corrected chi connectivity index (χ4v) is 2.53. The minimum absolute atomic E-state index is 0.900. The maximum Gasteiger partial charge on any atom is -0.0351 e. The van der Waals surface area contributed by atoms with Crippen LogP contribution in [0.5, 0.6) is 0 Å². The van der Waals surface area contributed by atoms with Crippen molar-refractivity contribution in [1.29, 1.82) is 0 Å². The van der Waals surface area contributed by atoms with E-state index in [0.29, 0.717) is 0 Å². The molecule has 0 bridgehead atoms. The van der Waals surface area contributed by atoms with E-state index in [1.54, 1.807) is 0 Å². The van der Waals surface area contributed by atoms with E-state index in [1.165, 1.54) is 83.5 Å². The van der Waals surface area contributed by atoms with Gasteiger partial charge in [-0.3, -0.25) is 0 Å². The first-order valence-electron chi connectivity index (χ1n) is 8.42. The smallest absolute Gasteiger partial charge is 0.0351 e. The third kappa shape index (κ3) is 13.8. The Morgan fingerprint density at radius 1 is 0.778 bits per heavy atom. The molecule has 0 aromatic rings. The van der Waals surface area contributed by atoms with Crippen LogP contribution in [-0.4, -0.2) is 0 Å². The zero-order chi connectivity index (χ0) is 13.5. The molecule has 0 N–H and O–H groups in total. The summed E-state index contributed by atoms with van der Waals surface area (Å²) in [6.07, 6.45) is 20.5. The van der Waals surface area contributed by atoms with Crippen molar-refractivity contribution in [2.45, 2.75) is 97.3 Å². The second-order valence-electron chi connectivity index (χ2n) is 5.94. The van der Waals surface area contributed by atoms with E-state index >= 15 is 0 Å². The van der Waals surface area contributed by atoms with Gasteiger partial charge in [-0.05, 0) is 18.8 Å². The highest BCUT2D eigenvalue weighted by Crippen LogP contribution is 2.16. The molecule has 0 heterocycles. The van der Waals surface area contributed by atoms with Crippen LogP contribution >= 0.6 is 0 Å². The zero-order valence-electron chi connectivity index (χ0n) is 13.1. The third-order valence-corrected chi connectivity index (χ3v) is 3.91. The van der Waals surface area contributed by atoms with Gasteiger partial charge in [-0.15, -0.1) is 6.58 Å². The lowest BCUT2D eigenvalue weighted by Gasteiger charge is -2.09. The highest BCUT2D eigenvalue weighted by Gasteiger charge is 2.00. The second-order valence-corrected chi connectivity index (χ2v) is 5.94. The van der Waals surface area contributed by atoms with Gasteiger partial charge in [-0.25, -0.2) is 0 Å². The molecule has 0 fully saturated rings. The van der Waals surface area contributed by atoms with Gasteiger partial charge < -0.3 is 0 Å². The van der Waals surface area contributed by atoms with Gasteiger partial charge in [0, 0.05) is 0 Å². The predicted molar refractivity (Wildman–Crippen MR) is 85.1 cm³/mol. The van der Waals surface area contributed by atoms with Gasteiger partial charge >= 0.3 is 0 Å². The first-order valence-corrected chi connectivity index (χ1v) is 8.42. The van der Waals surface area contributed by atoms with Crippen molar-refractivity contribution in [3.63, 3.8) is 0 Å². The van der Waals surface area contributed by atoms with Crippen LogP contribution in [0.3, 0.4) is 0 Å². The number of allylic oxidation sites excluding steroid dienone is 1. The molecule has 0 aliphatic heterocycles. The average molecular weight is 252 g/mol. The molecule has 1 atom stereocenters. The highest BCUT2D eigenvalue weighted by molar-refractivity contribution is 4.68. The fraction of sp³-hybridized carbons (Fsp3) is 0.889. The minimum atomic E-state index is 0.900. The normalized spacial score (nSPS) is 12.6. The van der Waals surface area contributed by atoms with E-state index in [-0.39, 0.29) is 0 Å². The van der Waals surface area contributed by atoms with Crippen LogP contribution < -0.4 is 0 Å². The molecule has 1 unspecified atom stereocenters. The monoisotopic (exact) mass is 252 g/mol. The first-order chi connectivity index (χ1) is 8.81. The zero-order valence-corrected chi connectivity index (χ0v) is 13.1. The van der Waals surface area contributed by atoms with Gasteiger partial charge in [0.15, 0.2) is 0 Å². The molecule has 0 amide bonds. The van der Waals surface area contributed by atoms with Gasteiger partial charge in [-0.1, -0.05) is 90.6 Å². The quantitative estimate of drug-likeness (QED) is 0.233. The van der Waals surface area contributed by atoms with Crippen molar-refractivity contribution in [2.75, 3.05) is 0 Å². The fourth-order valence-electron chi connectivity index (χ4n) is 2.53. The van der Waals surface area contributed by atoms with Crippen LogP contribution in [0.15, 0.2) is 12.7 Å². The van der Waals surface area contributed by atoms with E-state index in [9.17, 15) is 0 Å². The summed E-state index contributed by atoms with van der Waals surface area (Å²) in [7, 11) is 0. The Balaban J connectivity index is 3.04. The molecule has 0 heteroatoms. The van der Waals surface area contributed by atoms with Crippen molar-refractivity contribution >= 4 is 0 Å². The number of hydrogen-bond donors (Lipinski definition) is 0. The second kappa shape index (κ2) is 14.8. The molecule has 108 valence electrons. The standard InChI is InChI=1S/C18H36/c1-4-6-8-9-10-11-12-13-14-15-17-18(3)16-7-5-2/h5,18H,2,4,6-17H2,1,3H3. The molecular weight excluding hydrogens is 216 g/mol. The van der Waals surface area contributed by atoms with Gasteiger partial charge in [0.05, 0.1) is 0 Å². The largest absolute Gasteiger partial charge is 0.103 e. The predicted octanol–water partition coefficient (Wildman–Crippen LogP) is 6.90. The third-order valence-electron chi connectivity index (χ3n) is 3.91. The summed E-state index contributed by atoms with van der Waals surface area (Å²) < 4.78 is 0. The molecule has 0 rings (SSSR count). The number of unbranched alkanes of at least 4 members (excludes halogenated alkanes) is 9. The molecule has 0 aromatic carbocycles. The van der Waals surface area contributed by atoms with Crippen molar-refractivity contribution < 1.29 is 0 Å². The van der Waals surface area contributed by atoms with Gasteiger partial charge in [-0.2, -0.15) is 0 Å². The Hall–Kier alpha value is -0.260. The lowest BCUT2D eigenvalue weighted by atomic mass is 9.97. The maximum atomic E-state index is 3.79. The molecular formula is C18H36. The van der Waals surface area contributed by atoms with Crippen molar-refractivity contribution in [1.82, 2.24) is 0 Å². The molecule has 0 radical (unpaired) electrons. The lowest BCUT2D eigenvalue weighted by Crippen LogP contribution is -1.93.